The molecular weight excluding hydrogens is 442 g/mol. The Labute approximate surface area is 201 Å². The van der Waals surface area contributed by atoms with Gasteiger partial charge in [-0.25, -0.2) is 0 Å². The summed E-state index contributed by atoms with van der Waals surface area (Å²) in [5, 5.41) is 2.55. The number of hydrogen-bond acceptors (Lipinski definition) is 3. The van der Waals surface area contributed by atoms with E-state index in [4.69, 9.17) is 4.74 Å². The number of methoxy groups -OCH3 is 1. The molecule has 4 heteroatoms. The van der Waals surface area contributed by atoms with Crippen LogP contribution in [-0.2, 0) is 0 Å². The summed E-state index contributed by atoms with van der Waals surface area (Å²) in [4.78, 5) is 5.29. The van der Waals surface area contributed by atoms with E-state index < -0.39 is 0 Å². The van der Waals surface area contributed by atoms with Crippen molar-refractivity contribution in [2.24, 2.45) is 0 Å². The standard InChI is InChI=1S/C29H23NOS2/c1-18-4-14-28(32-18)20-6-12-26-24(16-20)25-17-21(29-15-5-19(2)33-29)7-13-27(25)30(26)22-8-10-23(31-3)11-9-22/h4-17H,1-3H3. The molecule has 0 unspecified atom stereocenters. The van der Waals surface area contributed by atoms with Gasteiger partial charge in [0.15, 0.2) is 0 Å². The summed E-state index contributed by atoms with van der Waals surface area (Å²) < 4.78 is 7.75. The van der Waals surface area contributed by atoms with E-state index >= 15 is 0 Å². The molecule has 3 aromatic heterocycles. The molecule has 0 aliphatic rings. The molecule has 6 rings (SSSR count). The Morgan fingerprint density at radius 2 is 1.12 bits per heavy atom. The monoisotopic (exact) mass is 465 g/mol. The number of nitrogens with zero attached hydrogens (tertiary/aromatic N) is 1. The first-order valence-corrected chi connectivity index (χ1v) is 12.6. The average molecular weight is 466 g/mol. The number of aryl methyl sites for hydroxylation is 2. The predicted molar refractivity (Wildman–Crippen MR) is 143 cm³/mol. The van der Waals surface area contributed by atoms with Gasteiger partial charge in [-0.05, 0) is 97.8 Å². The summed E-state index contributed by atoms with van der Waals surface area (Å²) in [5.41, 5.74) is 6.10. The van der Waals surface area contributed by atoms with Gasteiger partial charge in [0, 0.05) is 36.0 Å². The molecule has 0 spiro atoms. The number of aromatic nitrogens is 1. The first kappa shape index (κ1) is 20.3. The second-order valence-electron chi connectivity index (χ2n) is 8.32. The first-order valence-electron chi connectivity index (χ1n) is 11.0. The van der Waals surface area contributed by atoms with Crippen molar-refractivity contribution in [2.75, 3.05) is 7.11 Å². The van der Waals surface area contributed by atoms with Crippen molar-refractivity contribution in [2.45, 2.75) is 13.8 Å². The van der Waals surface area contributed by atoms with Gasteiger partial charge in [0.05, 0.1) is 18.1 Å². The fourth-order valence-corrected chi connectivity index (χ4v) is 6.25. The van der Waals surface area contributed by atoms with Crippen LogP contribution in [-0.4, -0.2) is 11.7 Å². The smallest absolute Gasteiger partial charge is 0.119 e. The largest absolute Gasteiger partial charge is 0.497 e. The van der Waals surface area contributed by atoms with E-state index in [1.54, 1.807) is 7.11 Å². The summed E-state index contributed by atoms with van der Waals surface area (Å²) >= 11 is 3.69. The van der Waals surface area contributed by atoms with Gasteiger partial charge in [-0.2, -0.15) is 0 Å². The van der Waals surface area contributed by atoms with Gasteiger partial charge < -0.3 is 9.30 Å². The zero-order valence-electron chi connectivity index (χ0n) is 18.8. The van der Waals surface area contributed by atoms with Crippen LogP contribution in [0, 0.1) is 13.8 Å². The van der Waals surface area contributed by atoms with E-state index in [1.165, 1.54) is 52.4 Å². The molecule has 33 heavy (non-hydrogen) atoms. The lowest BCUT2D eigenvalue weighted by Gasteiger charge is -2.09. The maximum Gasteiger partial charge on any atom is 0.119 e. The molecular formula is C29H23NOS2. The van der Waals surface area contributed by atoms with Crippen LogP contribution in [0.3, 0.4) is 0 Å². The summed E-state index contributed by atoms with van der Waals surface area (Å²) in [6.45, 7) is 4.33. The van der Waals surface area contributed by atoms with Crippen molar-refractivity contribution in [3.63, 3.8) is 0 Å². The average Bonchev–Trinajstić information content (AvgIpc) is 3.55. The zero-order valence-corrected chi connectivity index (χ0v) is 20.4. The quantitative estimate of drug-likeness (QED) is 0.253. The topological polar surface area (TPSA) is 14.2 Å². The fourth-order valence-electron chi connectivity index (χ4n) is 4.52. The van der Waals surface area contributed by atoms with E-state index in [1.807, 2.05) is 34.8 Å². The minimum atomic E-state index is 0.866. The second-order valence-corrected chi connectivity index (χ2v) is 10.9. The third kappa shape index (κ3) is 3.47. The summed E-state index contributed by atoms with van der Waals surface area (Å²) in [6.07, 6.45) is 0. The van der Waals surface area contributed by atoms with Crippen LogP contribution >= 0.6 is 22.7 Å². The van der Waals surface area contributed by atoms with E-state index in [0.717, 1.165) is 11.4 Å². The number of hydrogen-bond donors (Lipinski definition) is 0. The molecule has 0 bridgehead atoms. The van der Waals surface area contributed by atoms with E-state index in [0.29, 0.717) is 0 Å². The number of fused-ring (bicyclic) bond motifs is 3. The van der Waals surface area contributed by atoms with Crippen LogP contribution in [0.1, 0.15) is 9.75 Å². The van der Waals surface area contributed by atoms with Gasteiger partial charge in [-0.1, -0.05) is 12.1 Å². The Kier molecular flexibility index (Phi) is 4.86. The first-order chi connectivity index (χ1) is 16.1. The molecule has 0 radical (unpaired) electrons. The lowest BCUT2D eigenvalue weighted by atomic mass is 10.1. The lowest BCUT2D eigenvalue weighted by Crippen LogP contribution is -1.94. The second kappa shape index (κ2) is 7.91. The SMILES string of the molecule is COc1ccc(-n2c3ccc(-c4ccc(C)s4)cc3c3cc(-c4ccc(C)s4)ccc32)cc1. The van der Waals surface area contributed by atoms with Crippen molar-refractivity contribution in [1.82, 2.24) is 4.57 Å². The molecule has 0 fully saturated rings. The van der Waals surface area contributed by atoms with Crippen molar-refractivity contribution in [3.05, 3.63) is 94.7 Å². The molecule has 2 nitrogen and oxygen atoms in total. The predicted octanol–water partition coefficient (Wildman–Crippen LogP) is 8.87. The van der Waals surface area contributed by atoms with E-state index in [9.17, 15) is 0 Å². The van der Waals surface area contributed by atoms with Crippen LogP contribution in [0.5, 0.6) is 5.75 Å². The number of benzene rings is 3. The van der Waals surface area contributed by atoms with Crippen LogP contribution in [0.2, 0.25) is 0 Å². The van der Waals surface area contributed by atoms with Crippen LogP contribution in [0.4, 0.5) is 0 Å². The minimum absolute atomic E-state index is 0.866. The van der Waals surface area contributed by atoms with Gasteiger partial charge in [0.1, 0.15) is 5.75 Å². The molecule has 0 N–H and O–H groups in total. The zero-order chi connectivity index (χ0) is 22.5. The number of ether oxygens (including phenoxy) is 1. The van der Waals surface area contributed by atoms with Crippen LogP contribution < -0.4 is 4.74 Å². The molecule has 0 aliphatic heterocycles. The summed E-state index contributed by atoms with van der Waals surface area (Å²) in [5.74, 6) is 0.866. The highest BCUT2D eigenvalue weighted by Crippen LogP contribution is 2.39. The van der Waals surface area contributed by atoms with E-state index in [2.05, 4.69) is 91.2 Å². The fraction of sp³-hybridized carbons (Fsp3) is 0.103. The maximum atomic E-state index is 5.39. The summed E-state index contributed by atoms with van der Waals surface area (Å²) in [6, 6.07) is 30.9. The molecule has 0 saturated heterocycles. The van der Waals surface area contributed by atoms with Crippen molar-refractivity contribution >= 4 is 44.5 Å². The molecule has 3 heterocycles. The van der Waals surface area contributed by atoms with Crippen molar-refractivity contribution in [3.8, 4) is 32.3 Å². The third-order valence-corrected chi connectivity index (χ3v) is 8.24. The van der Waals surface area contributed by atoms with Gasteiger partial charge in [-0.15, -0.1) is 22.7 Å². The highest BCUT2D eigenvalue weighted by atomic mass is 32.1. The molecule has 0 amide bonds. The highest BCUT2D eigenvalue weighted by molar-refractivity contribution is 7.15. The molecule has 0 atom stereocenters. The van der Waals surface area contributed by atoms with Crippen molar-refractivity contribution in [1.29, 1.82) is 0 Å². The highest BCUT2D eigenvalue weighted by Gasteiger charge is 2.15. The van der Waals surface area contributed by atoms with Gasteiger partial charge >= 0.3 is 0 Å². The van der Waals surface area contributed by atoms with Crippen molar-refractivity contribution < 1.29 is 4.74 Å². The molecule has 0 aliphatic carbocycles. The normalized spacial score (nSPS) is 11.5. The van der Waals surface area contributed by atoms with Crippen LogP contribution in [0.25, 0.3) is 48.4 Å². The Hall–Kier alpha value is -3.34. The molecule has 3 aromatic carbocycles. The Morgan fingerprint density at radius 3 is 1.55 bits per heavy atom. The van der Waals surface area contributed by atoms with Gasteiger partial charge in [0.2, 0.25) is 0 Å². The third-order valence-electron chi connectivity index (χ3n) is 6.15. The van der Waals surface area contributed by atoms with E-state index in [-0.39, 0.29) is 0 Å². The maximum absolute atomic E-state index is 5.39. The Morgan fingerprint density at radius 1 is 0.606 bits per heavy atom. The number of rotatable bonds is 4. The Balaban J connectivity index is 1.63. The number of thiophene rings is 2. The van der Waals surface area contributed by atoms with Gasteiger partial charge in [0.25, 0.3) is 0 Å². The molecule has 162 valence electrons. The summed E-state index contributed by atoms with van der Waals surface area (Å²) in [7, 11) is 1.71. The Bertz CT molecular complexity index is 1520. The molecule has 6 aromatic rings. The van der Waals surface area contributed by atoms with Gasteiger partial charge in [-0.3, -0.25) is 0 Å². The molecule has 0 saturated carbocycles. The lowest BCUT2D eigenvalue weighted by molar-refractivity contribution is 0.415. The minimum Gasteiger partial charge on any atom is -0.497 e. The van der Waals surface area contributed by atoms with Crippen LogP contribution in [0.15, 0.2) is 84.9 Å².